The summed E-state index contributed by atoms with van der Waals surface area (Å²) in [6.07, 6.45) is 0.843. The first-order valence-electron chi connectivity index (χ1n) is 8.43. The molecular weight excluding hydrogens is 369 g/mol. The van der Waals surface area contributed by atoms with E-state index >= 15 is 0 Å². The predicted octanol–water partition coefficient (Wildman–Crippen LogP) is 3.59. The van der Waals surface area contributed by atoms with Gasteiger partial charge in [-0.3, -0.25) is 4.79 Å². The van der Waals surface area contributed by atoms with Gasteiger partial charge in [0.2, 0.25) is 5.91 Å². The molecular formula is C20H29Cl2N3O. The summed E-state index contributed by atoms with van der Waals surface area (Å²) in [6.45, 7) is 6.14. The van der Waals surface area contributed by atoms with Crippen molar-refractivity contribution in [3.05, 3.63) is 65.2 Å². The van der Waals surface area contributed by atoms with Gasteiger partial charge < -0.3 is 16.0 Å². The zero-order valence-corrected chi connectivity index (χ0v) is 17.0. The van der Waals surface area contributed by atoms with Crippen LogP contribution in [0.5, 0.6) is 0 Å². The molecule has 0 heterocycles. The number of nitrogens with zero attached hydrogens (tertiary/aromatic N) is 1. The summed E-state index contributed by atoms with van der Waals surface area (Å²) in [6, 6.07) is 16.3. The van der Waals surface area contributed by atoms with E-state index in [-0.39, 0.29) is 30.7 Å². The molecule has 0 atom stereocenters. The van der Waals surface area contributed by atoms with E-state index in [0.29, 0.717) is 26.2 Å². The average Bonchev–Trinajstić information content (AvgIpc) is 2.59. The van der Waals surface area contributed by atoms with Crippen LogP contribution in [0.3, 0.4) is 0 Å². The minimum absolute atomic E-state index is 0. The molecule has 0 bridgehead atoms. The Labute approximate surface area is 169 Å². The highest BCUT2D eigenvalue weighted by Crippen LogP contribution is 2.19. The van der Waals surface area contributed by atoms with Gasteiger partial charge in [0.25, 0.3) is 0 Å². The second-order valence-corrected chi connectivity index (χ2v) is 6.03. The average molecular weight is 398 g/mol. The van der Waals surface area contributed by atoms with Crippen molar-refractivity contribution in [2.75, 3.05) is 31.5 Å². The first kappa shape index (κ1) is 24.2. The molecule has 0 fully saturated rings. The first-order valence-corrected chi connectivity index (χ1v) is 8.43. The Morgan fingerprint density at radius 3 is 2.15 bits per heavy atom. The highest BCUT2D eigenvalue weighted by molar-refractivity contribution is 5.85. The van der Waals surface area contributed by atoms with Gasteiger partial charge in [0, 0.05) is 25.3 Å². The second kappa shape index (κ2) is 12.6. The van der Waals surface area contributed by atoms with Gasteiger partial charge in [0.1, 0.15) is 0 Å². The molecule has 0 aromatic heterocycles. The van der Waals surface area contributed by atoms with Crippen molar-refractivity contribution >= 4 is 36.4 Å². The number of para-hydroxylation sites is 1. The molecule has 144 valence electrons. The van der Waals surface area contributed by atoms with Crippen LogP contribution in [-0.2, 0) is 11.2 Å². The minimum Gasteiger partial charge on any atom is -0.376 e. The van der Waals surface area contributed by atoms with Crippen molar-refractivity contribution < 1.29 is 4.79 Å². The van der Waals surface area contributed by atoms with E-state index in [1.54, 1.807) is 0 Å². The number of nitrogens with one attached hydrogen (secondary N) is 1. The highest BCUT2D eigenvalue weighted by atomic mass is 35.5. The third kappa shape index (κ3) is 7.24. The van der Waals surface area contributed by atoms with Gasteiger partial charge in [-0.1, -0.05) is 48.5 Å². The first-order chi connectivity index (χ1) is 11.6. The maximum Gasteiger partial charge on any atom is 0.241 e. The standard InChI is InChI=1S/C20H27N3O.2ClH/c1-16-7-6-8-17(2)20(16)22-15-19(24)23(14-12-21)13-11-18-9-4-3-5-10-18;;/h3-10,22H,11-15,21H2,1-2H3;2*1H. The van der Waals surface area contributed by atoms with E-state index in [4.69, 9.17) is 5.73 Å². The summed E-state index contributed by atoms with van der Waals surface area (Å²) in [4.78, 5) is 14.4. The molecule has 0 radical (unpaired) electrons. The second-order valence-electron chi connectivity index (χ2n) is 6.03. The van der Waals surface area contributed by atoms with Crippen molar-refractivity contribution in [3.63, 3.8) is 0 Å². The number of aryl methyl sites for hydroxylation is 2. The largest absolute Gasteiger partial charge is 0.376 e. The number of rotatable bonds is 8. The van der Waals surface area contributed by atoms with Crippen molar-refractivity contribution in [1.82, 2.24) is 4.90 Å². The fourth-order valence-electron chi connectivity index (χ4n) is 2.79. The third-order valence-corrected chi connectivity index (χ3v) is 4.16. The molecule has 1 amide bonds. The molecule has 6 heteroatoms. The zero-order chi connectivity index (χ0) is 17.4. The number of carbonyl (C=O) groups excluding carboxylic acids is 1. The topological polar surface area (TPSA) is 58.4 Å². The molecule has 0 spiro atoms. The summed E-state index contributed by atoms with van der Waals surface area (Å²) in [5.74, 6) is 0.0824. The molecule has 0 saturated carbocycles. The number of hydrogen-bond donors (Lipinski definition) is 2. The Bertz CT molecular complexity index is 645. The number of halogens is 2. The van der Waals surface area contributed by atoms with Gasteiger partial charge in [-0.15, -0.1) is 24.8 Å². The monoisotopic (exact) mass is 397 g/mol. The van der Waals surface area contributed by atoms with Gasteiger partial charge in [0.05, 0.1) is 6.54 Å². The highest BCUT2D eigenvalue weighted by Gasteiger charge is 2.13. The fourth-order valence-corrected chi connectivity index (χ4v) is 2.79. The van der Waals surface area contributed by atoms with Crippen LogP contribution in [0.4, 0.5) is 5.69 Å². The van der Waals surface area contributed by atoms with Crippen LogP contribution >= 0.6 is 24.8 Å². The lowest BCUT2D eigenvalue weighted by Crippen LogP contribution is -2.40. The van der Waals surface area contributed by atoms with E-state index in [1.165, 1.54) is 5.56 Å². The smallest absolute Gasteiger partial charge is 0.241 e. The van der Waals surface area contributed by atoms with Gasteiger partial charge in [-0.25, -0.2) is 0 Å². The van der Waals surface area contributed by atoms with E-state index in [2.05, 4.69) is 17.4 Å². The molecule has 26 heavy (non-hydrogen) atoms. The lowest BCUT2D eigenvalue weighted by atomic mass is 10.1. The van der Waals surface area contributed by atoms with Crippen LogP contribution in [0, 0.1) is 13.8 Å². The molecule has 0 aliphatic heterocycles. The maximum atomic E-state index is 12.6. The van der Waals surface area contributed by atoms with Crippen molar-refractivity contribution in [2.45, 2.75) is 20.3 Å². The fraction of sp³-hybridized carbons (Fsp3) is 0.350. The number of nitrogens with two attached hydrogens (primary N) is 1. The maximum absolute atomic E-state index is 12.6. The van der Waals surface area contributed by atoms with Crippen molar-refractivity contribution in [3.8, 4) is 0 Å². The van der Waals surface area contributed by atoms with Crippen LogP contribution in [0.1, 0.15) is 16.7 Å². The Hall–Kier alpha value is -1.75. The molecule has 0 aliphatic carbocycles. The Morgan fingerprint density at radius 1 is 0.962 bits per heavy atom. The van der Waals surface area contributed by atoms with Crippen LogP contribution < -0.4 is 11.1 Å². The summed E-state index contributed by atoms with van der Waals surface area (Å²) < 4.78 is 0. The lowest BCUT2D eigenvalue weighted by molar-refractivity contribution is -0.129. The van der Waals surface area contributed by atoms with Crippen molar-refractivity contribution in [2.24, 2.45) is 5.73 Å². The lowest BCUT2D eigenvalue weighted by Gasteiger charge is -2.23. The number of hydrogen-bond acceptors (Lipinski definition) is 3. The molecule has 0 aliphatic rings. The van der Waals surface area contributed by atoms with Crippen LogP contribution in [0.15, 0.2) is 48.5 Å². The molecule has 2 rings (SSSR count). The Balaban J connectivity index is 0.00000312. The predicted molar refractivity (Wildman–Crippen MR) is 115 cm³/mol. The SMILES string of the molecule is Cc1cccc(C)c1NCC(=O)N(CCN)CCc1ccccc1.Cl.Cl. The molecule has 3 N–H and O–H groups in total. The Kier molecular flexibility index (Phi) is 11.7. The number of anilines is 1. The van der Waals surface area contributed by atoms with E-state index in [0.717, 1.165) is 23.2 Å². The summed E-state index contributed by atoms with van der Waals surface area (Å²) in [7, 11) is 0. The number of carbonyl (C=O) groups is 1. The van der Waals surface area contributed by atoms with Crippen molar-refractivity contribution in [1.29, 1.82) is 0 Å². The van der Waals surface area contributed by atoms with E-state index < -0.39 is 0 Å². The molecule has 4 nitrogen and oxygen atoms in total. The minimum atomic E-state index is 0. The third-order valence-electron chi connectivity index (χ3n) is 4.16. The van der Waals surface area contributed by atoms with Gasteiger partial charge in [0.15, 0.2) is 0 Å². The quantitative estimate of drug-likeness (QED) is 0.715. The Morgan fingerprint density at radius 2 is 1.58 bits per heavy atom. The summed E-state index contributed by atoms with van der Waals surface area (Å²) in [5.41, 5.74) is 10.3. The van der Waals surface area contributed by atoms with Gasteiger partial charge in [-0.2, -0.15) is 0 Å². The normalized spacial score (nSPS) is 9.65. The van der Waals surface area contributed by atoms with E-state index in [1.807, 2.05) is 55.1 Å². The van der Waals surface area contributed by atoms with Gasteiger partial charge in [-0.05, 0) is 37.0 Å². The molecule has 0 saturated heterocycles. The van der Waals surface area contributed by atoms with Gasteiger partial charge >= 0.3 is 0 Å². The molecule has 2 aromatic rings. The summed E-state index contributed by atoms with van der Waals surface area (Å²) in [5, 5.41) is 3.29. The zero-order valence-electron chi connectivity index (χ0n) is 15.4. The summed E-state index contributed by atoms with van der Waals surface area (Å²) >= 11 is 0. The number of amides is 1. The molecule has 2 aromatic carbocycles. The molecule has 0 unspecified atom stereocenters. The van der Waals surface area contributed by atoms with Crippen LogP contribution in [-0.4, -0.2) is 37.0 Å². The van der Waals surface area contributed by atoms with E-state index in [9.17, 15) is 4.79 Å². The van der Waals surface area contributed by atoms with Crippen LogP contribution in [0.25, 0.3) is 0 Å². The number of benzene rings is 2. The van der Waals surface area contributed by atoms with Crippen LogP contribution in [0.2, 0.25) is 0 Å².